The summed E-state index contributed by atoms with van der Waals surface area (Å²) >= 11 is 0. The number of benzene rings is 2. The van der Waals surface area contributed by atoms with E-state index in [2.05, 4.69) is 0 Å². The standard InChI is InChI=1S/C35H42O15/c1-19(36)41-17-25-28(44-20(2)37)30(45-21(3)38)32(46-22(4)39)35(48-25)50-31-29(42-16-23-12-8-6-9-13-23)27-26(47-34(31)40-5)18-43-33(49-27)24-14-10-7-11-15-24/h6-15,25-35H,16-18H2,1-5H3/t25-,26-,27-,28+,29+,30+,31-,32-,33-,34+,35+/m1/s1. The van der Waals surface area contributed by atoms with Gasteiger partial charge in [-0.05, 0) is 5.56 Å². The Kier molecular flexibility index (Phi) is 12.9. The number of ether oxygens (including phenoxy) is 11. The molecule has 0 aromatic heterocycles. The molecule has 2 aromatic rings. The van der Waals surface area contributed by atoms with Crippen molar-refractivity contribution < 1.29 is 71.3 Å². The average molecular weight is 703 g/mol. The minimum absolute atomic E-state index is 0.140. The van der Waals surface area contributed by atoms with Crippen LogP contribution < -0.4 is 0 Å². The second-order valence-corrected chi connectivity index (χ2v) is 11.9. The maximum Gasteiger partial charge on any atom is 0.303 e. The Morgan fingerprint density at radius 1 is 0.680 bits per heavy atom. The number of fused-ring (bicyclic) bond motifs is 1. The van der Waals surface area contributed by atoms with Gasteiger partial charge in [-0.25, -0.2) is 0 Å². The first-order valence-electron chi connectivity index (χ1n) is 16.2. The van der Waals surface area contributed by atoms with Gasteiger partial charge in [-0.3, -0.25) is 19.2 Å². The van der Waals surface area contributed by atoms with Gasteiger partial charge < -0.3 is 52.1 Å². The number of esters is 4. The van der Waals surface area contributed by atoms with Gasteiger partial charge in [0, 0.05) is 40.4 Å². The van der Waals surface area contributed by atoms with Crippen molar-refractivity contribution in [2.45, 2.75) is 102 Å². The van der Waals surface area contributed by atoms with Crippen molar-refractivity contribution in [1.29, 1.82) is 0 Å². The van der Waals surface area contributed by atoms with Gasteiger partial charge in [0.1, 0.15) is 37.1 Å². The fourth-order valence-corrected chi connectivity index (χ4v) is 6.07. The van der Waals surface area contributed by atoms with Crippen LogP contribution in [-0.2, 0) is 77.9 Å². The van der Waals surface area contributed by atoms with E-state index < -0.39 is 98.2 Å². The summed E-state index contributed by atoms with van der Waals surface area (Å²) in [4.78, 5) is 48.8. The van der Waals surface area contributed by atoms with E-state index in [1.54, 1.807) is 0 Å². The van der Waals surface area contributed by atoms with E-state index in [1.165, 1.54) is 14.0 Å². The molecule has 3 saturated heterocycles. The van der Waals surface area contributed by atoms with E-state index >= 15 is 0 Å². The first-order chi connectivity index (χ1) is 24.0. The molecule has 0 saturated carbocycles. The third-order valence-corrected chi connectivity index (χ3v) is 8.11. The van der Waals surface area contributed by atoms with Crippen LogP contribution in [0.5, 0.6) is 0 Å². The summed E-state index contributed by atoms with van der Waals surface area (Å²) in [6, 6.07) is 18.8. The summed E-state index contributed by atoms with van der Waals surface area (Å²) in [7, 11) is 1.42. The molecule has 0 N–H and O–H groups in total. The number of carbonyl (C=O) groups is 4. The highest BCUT2D eigenvalue weighted by Crippen LogP contribution is 2.39. The Morgan fingerprint density at radius 3 is 1.92 bits per heavy atom. The van der Waals surface area contributed by atoms with Gasteiger partial charge in [0.15, 0.2) is 37.2 Å². The van der Waals surface area contributed by atoms with Crippen molar-refractivity contribution in [3.8, 4) is 0 Å². The van der Waals surface area contributed by atoms with Crippen LogP contribution in [0.25, 0.3) is 0 Å². The predicted octanol–water partition coefficient (Wildman–Crippen LogP) is 2.53. The third kappa shape index (κ3) is 9.42. The van der Waals surface area contributed by atoms with Gasteiger partial charge in [0.05, 0.1) is 13.2 Å². The molecule has 50 heavy (non-hydrogen) atoms. The van der Waals surface area contributed by atoms with Crippen LogP contribution in [0.1, 0.15) is 45.1 Å². The zero-order chi connectivity index (χ0) is 35.8. The van der Waals surface area contributed by atoms with Gasteiger partial charge >= 0.3 is 23.9 Å². The van der Waals surface area contributed by atoms with Crippen molar-refractivity contribution in [3.05, 3.63) is 71.8 Å². The monoisotopic (exact) mass is 702 g/mol. The molecule has 0 radical (unpaired) electrons. The summed E-state index contributed by atoms with van der Waals surface area (Å²) in [5.41, 5.74) is 1.64. The molecule has 15 heteroatoms. The largest absolute Gasteiger partial charge is 0.463 e. The van der Waals surface area contributed by atoms with Crippen LogP contribution in [0, 0.1) is 0 Å². The number of methoxy groups -OCH3 is 1. The SMILES string of the molecule is CO[C@H]1O[C@@H]2CO[C@@H](c3ccccc3)O[C@H]2[C@H](OCc2ccccc2)[C@H]1O[C@@H]1O[C@H](COC(C)=O)[C@H](OC(C)=O)[C@H](OC(C)=O)[C@H]1OC(C)=O. The van der Waals surface area contributed by atoms with Gasteiger partial charge in [-0.1, -0.05) is 60.7 Å². The molecule has 0 aliphatic carbocycles. The van der Waals surface area contributed by atoms with E-state index in [-0.39, 0.29) is 13.2 Å². The zero-order valence-corrected chi connectivity index (χ0v) is 28.4. The quantitative estimate of drug-likeness (QED) is 0.233. The van der Waals surface area contributed by atoms with Crippen molar-refractivity contribution in [2.24, 2.45) is 0 Å². The fourth-order valence-electron chi connectivity index (χ4n) is 6.07. The molecule has 3 heterocycles. The molecule has 0 unspecified atom stereocenters. The molecule has 0 amide bonds. The summed E-state index contributed by atoms with van der Waals surface area (Å²) in [5.74, 6) is -2.96. The topological polar surface area (TPSA) is 170 Å². The van der Waals surface area contributed by atoms with Crippen molar-refractivity contribution in [3.63, 3.8) is 0 Å². The molecular formula is C35H42O15. The van der Waals surface area contributed by atoms with Crippen LogP contribution in [0.2, 0.25) is 0 Å². The van der Waals surface area contributed by atoms with Crippen molar-refractivity contribution >= 4 is 23.9 Å². The third-order valence-electron chi connectivity index (χ3n) is 8.11. The molecule has 2 aromatic carbocycles. The van der Waals surface area contributed by atoms with Gasteiger partial charge in [-0.15, -0.1) is 0 Å². The molecule has 15 nitrogen and oxygen atoms in total. The molecule has 5 rings (SSSR count). The lowest BCUT2D eigenvalue weighted by atomic mass is 9.95. The lowest BCUT2D eigenvalue weighted by Gasteiger charge is -2.50. The Balaban J connectivity index is 1.51. The molecule has 3 aliphatic heterocycles. The second kappa shape index (κ2) is 17.3. The minimum atomic E-state index is -1.52. The van der Waals surface area contributed by atoms with Gasteiger partial charge in [0.2, 0.25) is 0 Å². The number of carbonyl (C=O) groups excluding carboxylic acids is 4. The van der Waals surface area contributed by atoms with Gasteiger partial charge in [0.25, 0.3) is 0 Å². The second-order valence-electron chi connectivity index (χ2n) is 11.9. The molecule has 0 spiro atoms. The van der Waals surface area contributed by atoms with E-state index in [0.29, 0.717) is 0 Å². The summed E-state index contributed by atoms with van der Waals surface area (Å²) in [6.45, 7) is 4.46. The van der Waals surface area contributed by atoms with Crippen LogP contribution in [0.4, 0.5) is 0 Å². The molecule has 272 valence electrons. The highest BCUT2D eigenvalue weighted by atomic mass is 16.8. The van der Waals surface area contributed by atoms with Crippen molar-refractivity contribution in [1.82, 2.24) is 0 Å². The highest BCUT2D eigenvalue weighted by Gasteiger charge is 2.57. The average Bonchev–Trinajstić information content (AvgIpc) is 3.09. The maximum absolute atomic E-state index is 12.5. The van der Waals surface area contributed by atoms with Crippen molar-refractivity contribution in [2.75, 3.05) is 20.3 Å². The Labute approximate surface area is 289 Å². The smallest absolute Gasteiger partial charge is 0.303 e. The number of hydrogen-bond donors (Lipinski definition) is 0. The molecule has 3 aliphatic rings. The first kappa shape index (κ1) is 37.3. The van der Waals surface area contributed by atoms with Crippen LogP contribution in [0.15, 0.2) is 60.7 Å². The fraction of sp³-hybridized carbons (Fsp3) is 0.543. The van der Waals surface area contributed by atoms with E-state index in [1.807, 2.05) is 60.7 Å². The lowest BCUT2D eigenvalue weighted by Crippen LogP contribution is -2.67. The van der Waals surface area contributed by atoms with Crippen LogP contribution in [-0.4, -0.2) is 106 Å². The normalized spacial score (nSPS) is 32.2. The van der Waals surface area contributed by atoms with E-state index in [9.17, 15) is 19.2 Å². The summed E-state index contributed by atoms with van der Waals surface area (Å²) in [5, 5.41) is 0. The van der Waals surface area contributed by atoms with Crippen LogP contribution >= 0.6 is 0 Å². The van der Waals surface area contributed by atoms with Gasteiger partial charge in [-0.2, -0.15) is 0 Å². The lowest BCUT2D eigenvalue weighted by molar-refractivity contribution is -0.395. The Morgan fingerprint density at radius 2 is 1.30 bits per heavy atom. The Hall–Kier alpha value is -3.96. The highest BCUT2D eigenvalue weighted by molar-refractivity contribution is 5.68. The number of hydrogen-bond acceptors (Lipinski definition) is 15. The van der Waals surface area contributed by atoms with Crippen LogP contribution in [0.3, 0.4) is 0 Å². The summed E-state index contributed by atoms with van der Waals surface area (Å²) in [6.07, 6.45) is -12.3. The Bertz CT molecular complexity index is 1440. The molecular weight excluding hydrogens is 660 g/mol. The first-order valence-corrected chi connectivity index (χ1v) is 16.2. The number of rotatable bonds is 12. The zero-order valence-electron chi connectivity index (χ0n) is 28.4. The maximum atomic E-state index is 12.5. The predicted molar refractivity (Wildman–Crippen MR) is 168 cm³/mol. The molecule has 3 fully saturated rings. The van der Waals surface area contributed by atoms with E-state index in [0.717, 1.165) is 31.9 Å². The minimum Gasteiger partial charge on any atom is -0.463 e. The van der Waals surface area contributed by atoms with E-state index in [4.69, 9.17) is 52.1 Å². The summed E-state index contributed by atoms with van der Waals surface area (Å²) < 4.78 is 65.8. The molecule has 11 atom stereocenters. The molecule has 0 bridgehead atoms.